The number of thiophene rings is 1. The summed E-state index contributed by atoms with van der Waals surface area (Å²) < 4.78 is 5.30. The lowest BCUT2D eigenvalue weighted by molar-refractivity contribution is -0.116. The number of para-hydroxylation sites is 1. The van der Waals surface area contributed by atoms with E-state index in [1.54, 1.807) is 30.6 Å². The molecule has 1 aromatic heterocycles. The molecule has 1 unspecified atom stereocenters. The number of hydrogen-bond donors (Lipinski definition) is 1. The van der Waals surface area contributed by atoms with Crippen molar-refractivity contribution in [3.05, 3.63) is 58.3 Å². The number of rotatable bonds is 7. The summed E-state index contributed by atoms with van der Waals surface area (Å²) in [7, 11) is 1.63. The number of nitrogens with one attached hydrogen (secondary N) is 1. The number of benzene rings is 1. The molecule has 2 heterocycles. The van der Waals surface area contributed by atoms with Gasteiger partial charge in [0, 0.05) is 23.1 Å². The molecule has 3 rings (SSSR count). The molecular weight excluding hydrogens is 332 g/mol. The van der Waals surface area contributed by atoms with Gasteiger partial charge in [0.1, 0.15) is 5.75 Å². The SMILES string of the molecule is COc1ccccc1/C=C/C(=O)NCC(c1cccs1)N1CCCC1. The number of ether oxygens (including phenoxy) is 1. The third kappa shape index (κ3) is 4.71. The number of carbonyl (C=O) groups excluding carboxylic acids is 1. The first-order valence-electron chi connectivity index (χ1n) is 8.64. The molecule has 1 N–H and O–H groups in total. The zero-order valence-corrected chi connectivity index (χ0v) is 15.3. The first-order valence-corrected chi connectivity index (χ1v) is 9.52. The maximum atomic E-state index is 12.3. The number of carbonyl (C=O) groups is 1. The monoisotopic (exact) mass is 356 g/mol. The molecule has 132 valence electrons. The summed E-state index contributed by atoms with van der Waals surface area (Å²) in [6, 6.07) is 12.2. The van der Waals surface area contributed by atoms with E-state index in [2.05, 4.69) is 27.7 Å². The highest BCUT2D eigenvalue weighted by molar-refractivity contribution is 7.10. The maximum absolute atomic E-state index is 12.3. The minimum atomic E-state index is -0.0772. The molecule has 1 saturated heterocycles. The van der Waals surface area contributed by atoms with Crippen molar-refractivity contribution in [3.63, 3.8) is 0 Å². The smallest absolute Gasteiger partial charge is 0.244 e. The van der Waals surface area contributed by atoms with E-state index in [0.29, 0.717) is 6.54 Å². The first-order chi connectivity index (χ1) is 12.3. The zero-order valence-electron chi connectivity index (χ0n) is 14.5. The van der Waals surface area contributed by atoms with Gasteiger partial charge in [0.05, 0.1) is 13.2 Å². The summed E-state index contributed by atoms with van der Waals surface area (Å²) in [6.45, 7) is 2.85. The lowest BCUT2D eigenvalue weighted by Gasteiger charge is -2.26. The van der Waals surface area contributed by atoms with Gasteiger partial charge in [-0.15, -0.1) is 11.3 Å². The topological polar surface area (TPSA) is 41.6 Å². The lowest BCUT2D eigenvalue weighted by atomic mass is 10.2. The number of likely N-dealkylation sites (tertiary alicyclic amines) is 1. The Morgan fingerprint density at radius 3 is 2.80 bits per heavy atom. The van der Waals surface area contributed by atoms with Crippen LogP contribution in [0.4, 0.5) is 0 Å². The fourth-order valence-corrected chi connectivity index (χ4v) is 4.03. The number of amides is 1. The fraction of sp³-hybridized carbons (Fsp3) is 0.350. The molecule has 1 fully saturated rings. The molecule has 0 bridgehead atoms. The Kier molecular flexibility index (Phi) is 6.25. The largest absolute Gasteiger partial charge is 0.496 e. The molecule has 0 radical (unpaired) electrons. The van der Waals surface area contributed by atoms with Crippen LogP contribution in [-0.4, -0.2) is 37.6 Å². The first kappa shape index (κ1) is 17.7. The van der Waals surface area contributed by atoms with Crippen LogP contribution in [0.5, 0.6) is 5.75 Å². The predicted molar refractivity (Wildman–Crippen MR) is 103 cm³/mol. The Morgan fingerprint density at radius 2 is 2.08 bits per heavy atom. The second kappa shape index (κ2) is 8.83. The van der Waals surface area contributed by atoms with Crippen molar-refractivity contribution < 1.29 is 9.53 Å². The van der Waals surface area contributed by atoms with Crippen LogP contribution >= 0.6 is 11.3 Å². The second-order valence-corrected chi connectivity index (χ2v) is 7.07. The molecule has 25 heavy (non-hydrogen) atoms. The van der Waals surface area contributed by atoms with Crippen molar-refractivity contribution in [2.24, 2.45) is 0 Å². The number of hydrogen-bond acceptors (Lipinski definition) is 4. The summed E-state index contributed by atoms with van der Waals surface area (Å²) in [5, 5.41) is 5.15. The highest BCUT2D eigenvalue weighted by atomic mass is 32.1. The Labute approximate surface area is 153 Å². The molecule has 1 aromatic carbocycles. The van der Waals surface area contributed by atoms with Gasteiger partial charge in [-0.05, 0) is 49.5 Å². The van der Waals surface area contributed by atoms with Crippen LogP contribution in [0.25, 0.3) is 6.08 Å². The van der Waals surface area contributed by atoms with E-state index in [0.717, 1.165) is 24.4 Å². The summed E-state index contributed by atoms with van der Waals surface area (Å²) in [5.74, 6) is 0.687. The second-order valence-electron chi connectivity index (χ2n) is 6.09. The van der Waals surface area contributed by atoms with Crippen molar-refractivity contribution in [2.75, 3.05) is 26.7 Å². The molecule has 1 amide bonds. The van der Waals surface area contributed by atoms with E-state index < -0.39 is 0 Å². The summed E-state index contributed by atoms with van der Waals surface area (Å²) in [5.41, 5.74) is 0.898. The number of methoxy groups -OCH3 is 1. The normalized spacial score (nSPS) is 16.2. The van der Waals surface area contributed by atoms with Gasteiger partial charge in [0.2, 0.25) is 5.91 Å². The highest BCUT2D eigenvalue weighted by Crippen LogP contribution is 2.27. The maximum Gasteiger partial charge on any atom is 0.244 e. The van der Waals surface area contributed by atoms with E-state index in [1.165, 1.54) is 17.7 Å². The van der Waals surface area contributed by atoms with Gasteiger partial charge in [0.25, 0.3) is 0 Å². The average molecular weight is 356 g/mol. The van der Waals surface area contributed by atoms with E-state index >= 15 is 0 Å². The van der Waals surface area contributed by atoms with Gasteiger partial charge in [0.15, 0.2) is 0 Å². The van der Waals surface area contributed by atoms with Gasteiger partial charge < -0.3 is 10.1 Å². The fourth-order valence-electron chi connectivity index (χ4n) is 3.17. The molecule has 1 aliphatic rings. The molecule has 1 atom stereocenters. The molecule has 1 aliphatic heterocycles. The van der Waals surface area contributed by atoms with Gasteiger partial charge in [-0.25, -0.2) is 0 Å². The van der Waals surface area contributed by atoms with Crippen LogP contribution in [0.3, 0.4) is 0 Å². The van der Waals surface area contributed by atoms with E-state index in [1.807, 2.05) is 24.3 Å². The highest BCUT2D eigenvalue weighted by Gasteiger charge is 2.24. The summed E-state index contributed by atoms with van der Waals surface area (Å²) in [4.78, 5) is 16.0. The molecule has 0 aliphatic carbocycles. The van der Waals surface area contributed by atoms with Gasteiger partial charge >= 0.3 is 0 Å². The molecule has 2 aromatic rings. The van der Waals surface area contributed by atoms with Crippen molar-refractivity contribution in [3.8, 4) is 5.75 Å². The minimum absolute atomic E-state index is 0.0772. The zero-order chi connectivity index (χ0) is 17.5. The Balaban J connectivity index is 1.60. The van der Waals surface area contributed by atoms with Gasteiger partial charge in [-0.3, -0.25) is 9.69 Å². The Morgan fingerprint density at radius 1 is 1.28 bits per heavy atom. The van der Waals surface area contributed by atoms with Crippen LogP contribution in [0, 0.1) is 0 Å². The Hall–Kier alpha value is -2.11. The molecule has 0 spiro atoms. The minimum Gasteiger partial charge on any atom is -0.496 e. The molecule has 5 heteroatoms. The Bertz CT molecular complexity index is 706. The van der Waals surface area contributed by atoms with E-state index in [-0.39, 0.29) is 11.9 Å². The van der Waals surface area contributed by atoms with Gasteiger partial charge in [-0.2, -0.15) is 0 Å². The van der Waals surface area contributed by atoms with Crippen molar-refractivity contribution >= 4 is 23.3 Å². The molecule has 4 nitrogen and oxygen atoms in total. The van der Waals surface area contributed by atoms with Crippen molar-refractivity contribution in [1.82, 2.24) is 10.2 Å². The summed E-state index contributed by atoms with van der Waals surface area (Å²) >= 11 is 1.76. The van der Waals surface area contributed by atoms with Crippen LogP contribution in [0.2, 0.25) is 0 Å². The summed E-state index contributed by atoms with van der Waals surface area (Å²) in [6.07, 6.45) is 5.85. The lowest BCUT2D eigenvalue weighted by Crippen LogP contribution is -2.35. The van der Waals surface area contributed by atoms with E-state index in [4.69, 9.17) is 4.74 Å². The molecular formula is C20H24N2O2S. The van der Waals surface area contributed by atoms with E-state index in [9.17, 15) is 4.79 Å². The molecule has 0 saturated carbocycles. The third-order valence-electron chi connectivity index (χ3n) is 4.48. The van der Waals surface area contributed by atoms with Gasteiger partial charge in [-0.1, -0.05) is 24.3 Å². The third-order valence-corrected chi connectivity index (χ3v) is 5.45. The van der Waals surface area contributed by atoms with Crippen LogP contribution < -0.4 is 10.1 Å². The van der Waals surface area contributed by atoms with Crippen molar-refractivity contribution in [1.29, 1.82) is 0 Å². The van der Waals surface area contributed by atoms with Crippen LogP contribution in [0.15, 0.2) is 47.9 Å². The predicted octanol–water partition coefficient (Wildman–Crippen LogP) is 3.72. The van der Waals surface area contributed by atoms with Crippen molar-refractivity contribution in [2.45, 2.75) is 18.9 Å². The van der Waals surface area contributed by atoms with Crippen LogP contribution in [0.1, 0.15) is 29.3 Å². The standard InChI is InChI=1S/C20H24N2O2S/c1-24-18-8-3-2-7-16(18)10-11-20(23)21-15-17(19-9-6-14-25-19)22-12-4-5-13-22/h2-3,6-11,14,17H,4-5,12-13,15H2,1H3,(H,21,23)/b11-10+. The average Bonchev–Trinajstić information content (AvgIpc) is 3.35. The van der Waals surface area contributed by atoms with Crippen LogP contribution in [-0.2, 0) is 4.79 Å². The number of nitrogens with zero attached hydrogens (tertiary/aromatic N) is 1. The quantitative estimate of drug-likeness (QED) is 0.769.